The van der Waals surface area contributed by atoms with Gasteiger partial charge in [-0.3, -0.25) is 4.79 Å². The highest BCUT2D eigenvalue weighted by Gasteiger charge is 2.53. The van der Waals surface area contributed by atoms with Gasteiger partial charge in [-0.1, -0.05) is 43.2 Å². The highest BCUT2D eigenvalue weighted by atomic mass is 16.4. The number of aliphatic hydroxyl groups is 1. The van der Waals surface area contributed by atoms with Gasteiger partial charge in [0.05, 0.1) is 17.7 Å². The average Bonchev–Trinajstić information content (AvgIpc) is 3.16. The van der Waals surface area contributed by atoms with Crippen LogP contribution >= 0.6 is 0 Å². The Hall–Kier alpha value is -2.44. The maximum Gasteiger partial charge on any atom is 0.337 e. The summed E-state index contributed by atoms with van der Waals surface area (Å²) in [5.74, 6) is -1.08. The number of hydrogen-bond acceptors (Lipinski definition) is 4. The number of benzene rings is 1. The Morgan fingerprint density at radius 3 is 2.54 bits per heavy atom. The van der Waals surface area contributed by atoms with Crippen molar-refractivity contribution in [2.45, 2.75) is 44.2 Å². The number of pyridine rings is 1. The van der Waals surface area contributed by atoms with Gasteiger partial charge in [0.1, 0.15) is 0 Å². The summed E-state index contributed by atoms with van der Waals surface area (Å²) in [6.07, 6.45) is 5.97. The number of carboxylic acid groups (broad SMARTS) is 1. The van der Waals surface area contributed by atoms with Crippen LogP contribution in [-0.2, 0) is 6.54 Å². The van der Waals surface area contributed by atoms with Crippen LogP contribution in [0.5, 0.6) is 0 Å². The van der Waals surface area contributed by atoms with E-state index in [4.69, 9.17) is 0 Å². The van der Waals surface area contributed by atoms with Crippen molar-refractivity contribution in [3.05, 3.63) is 58.5 Å². The lowest BCUT2D eigenvalue weighted by molar-refractivity contribution is -0.115. The Bertz CT molecular complexity index is 931. The van der Waals surface area contributed by atoms with E-state index >= 15 is 0 Å². The van der Waals surface area contributed by atoms with Gasteiger partial charge < -0.3 is 20.1 Å². The molecule has 3 N–H and O–H groups in total. The van der Waals surface area contributed by atoms with E-state index in [-0.39, 0.29) is 23.1 Å². The molecule has 0 unspecified atom stereocenters. The normalized spacial score (nSPS) is 23.8. The summed E-state index contributed by atoms with van der Waals surface area (Å²) >= 11 is 0. The molecule has 1 aromatic carbocycles. The topological polar surface area (TPSA) is 91.6 Å². The summed E-state index contributed by atoms with van der Waals surface area (Å²) in [6.45, 7) is 1.57. The van der Waals surface area contributed by atoms with Crippen LogP contribution in [0.15, 0.2) is 47.4 Å². The van der Waals surface area contributed by atoms with Crippen molar-refractivity contribution < 1.29 is 15.0 Å². The predicted molar refractivity (Wildman–Crippen MR) is 106 cm³/mol. The minimum Gasteiger partial charge on any atom is -0.478 e. The number of nitrogens with one attached hydrogen (secondary N) is 1. The molecule has 1 spiro atoms. The third-order valence-electron chi connectivity index (χ3n) is 6.60. The molecule has 4 rings (SSSR count). The van der Waals surface area contributed by atoms with Gasteiger partial charge in [-0.05, 0) is 31.4 Å². The summed E-state index contributed by atoms with van der Waals surface area (Å²) in [4.78, 5) is 24.7. The van der Waals surface area contributed by atoms with Crippen LogP contribution < -0.4 is 10.9 Å². The molecule has 0 amide bonds. The van der Waals surface area contributed by atoms with Gasteiger partial charge in [0.15, 0.2) is 0 Å². The molecule has 0 bridgehead atoms. The summed E-state index contributed by atoms with van der Waals surface area (Å²) in [5, 5.41) is 24.7. The average molecular weight is 382 g/mol. The van der Waals surface area contributed by atoms with E-state index in [9.17, 15) is 19.8 Å². The first-order chi connectivity index (χ1) is 13.4. The van der Waals surface area contributed by atoms with Crippen LogP contribution in [0.25, 0.3) is 11.1 Å². The lowest BCUT2D eigenvalue weighted by Crippen LogP contribution is -2.60. The number of carbonyl (C=O) groups is 1. The van der Waals surface area contributed by atoms with E-state index in [0.29, 0.717) is 24.1 Å². The molecule has 6 nitrogen and oxygen atoms in total. The molecular formula is C22H26N2O4. The number of piperidine rings is 1. The number of nitrogens with zero attached hydrogens (tertiary/aromatic N) is 1. The first-order valence-electron chi connectivity index (χ1n) is 9.91. The van der Waals surface area contributed by atoms with Crippen molar-refractivity contribution in [3.8, 4) is 11.1 Å². The highest BCUT2D eigenvalue weighted by Crippen LogP contribution is 2.49. The third-order valence-corrected chi connectivity index (χ3v) is 6.60. The van der Waals surface area contributed by atoms with Gasteiger partial charge in [0, 0.05) is 29.8 Å². The van der Waals surface area contributed by atoms with Crippen LogP contribution in [0.2, 0.25) is 0 Å². The van der Waals surface area contributed by atoms with Crippen molar-refractivity contribution in [1.82, 2.24) is 9.88 Å². The predicted octanol–water partition coefficient (Wildman–Crippen LogP) is 2.50. The SMILES string of the molecule is O=C(O)c1cn(C[C@]2(O)CCNCC23CCCC3)c(=O)cc1-c1ccccc1. The van der Waals surface area contributed by atoms with Crippen LogP contribution in [0, 0.1) is 5.41 Å². The van der Waals surface area contributed by atoms with E-state index in [1.54, 1.807) is 12.1 Å². The minimum absolute atomic E-state index is 0.0730. The molecule has 6 heteroatoms. The quantitative estimate of drug-likeness (QED) is 0.756. The molecule has 148 valence electrons. The molecule has 1 atom stereocenters. The maximum absolute atomic E-state index is 12.9. The fourth-order valence-electron chi connectivity index (χ4n) is 5.00. The Labute approximate surface area is 163 Å². The van der Waals surface area contributed by atoms with E-state index in [1.807, 2.05) is 18.2 Å². The zero-order valence-electron chi connectivity index (χ0n) is 15.9. The summed E-state index contributed by atoms with van der Waals surface area (Å²) in [5.41, 5.74) is -0.374. The van der Waals surface area contributed by atoms with Crippen LogP contribution in [0.3, 0.4) is 0 Å². The van der Waals surface area contributed by atoms with Crippen molar-refractivity contribution in [3.63, 3.8) is 0 Å². The highest BCUT2D eigenvalue weighted by molar-refractivity contribution is 5.95. The number of aromatic carboxylic acids is 1. The van der Waals surface area contributed by atoms with Gasteiger partial charge in [0.2, 0.25) is 0 Å². The van der Waals surface area contributed by atoms with Gasteiger partial charge >= 0.3 is 5.97 Å². The molecule has 1 aliphatic carbocycles. The minimum atomic E-state index is -1.08. The number of rotatable bonds is 4. The lowest BCUT2D eigenvalue weighted by atomic mass is 9.66. The summed E-state index contributed by atoms with van der Waals surface area (Å²) in [7, 11) is 0. The monoisotopic (exact) mass is 382 g/mol. The van der Waals surface area contributed by atoms with Crippen LogP contribution in [0.4, 0.5) is 0 Å². The number of carboxylic acids is 1. The number of aromatic nitrogens is 1. The Balaban J connectivity index is 1.75. The molecule has 2 aliphatic rings. The molecular weight excluding hydrogens is 356 g/mol. The molecule has 28 heavy (non-hydrogen) atoms. The molecule has 1 saturated carbocycles. The molecule has 2 fully saturated rings. The Morgan fingerprint density at radius 1 is 1.14 bits per heavy atom. The molecule has 0 radical (unpaired) electrons. The second-order valence-electron chi connectivity index (χ2n) is 8.18. The van der Waals surface area contributed by atoms with Crippen LogP contribution in [-0.4, -0.2) is 39.4 Å². The van der Waals surface area contributed by atoms with Gasteiger partial charge in [0.25, 0.3) is 5.56 Å². The van der Waals surface area contributed by atoms with Gasteiger partial charge in [-0.15, -0.1) is 0 Å². The van der Waals surface area contributed by atoms with Crippen molar-refractivity contribution >= 4 is 5.97 Å². The Kier molecular flexibility index (Phi) is 4.85. The standard InChI is InChI=1S/C22H26N2O4/c25-19-12-17(16-6-2-1-3-7-16)18(20(26)27)13-24(19)15-22(28)10-11-23-14-21(22)8-4-5-9-21/h1-3,6-7,12-13,23,28H,4-5,8-11,14-15H2,(H,26,27)/t22-/m1/s1. The third kappa shape index (κ3) is 3.16. The van der Waals surface area contributed by atoms with Crippen molar-refractivity contribution in [2.75, 3.05) is 13.1 Å². The fourth-order valence-corrected chi connectivity index (χ4v) is 5.00. The largest absolute Gasteiger partial charge is 0.478 e. The molecule has 1 aromatic heterocycles. The maximum atomic E-state index is 12.9. The van der Waals surface area contributed by atoms with E-state index in [2.05, 4.69) is 5.32 Å². The van der Waals surface area contributed by atoms with Gasteiger partial charge in [-0.25, -0.2) is 4.79 Å². The Morgan fingerprint density at radius 2 is 1.86 bits per heavy atom. The molecule has 2 heterocycles. The first kappa shape index (κ1) is 18.9. The summed E-state index contributed by atoms with van der Waals surface area (Å²) in [6, 6.07) is 10.4. The molecule has 2 aromatic rings. The number of hydrogen-bond donors (Lipinski definition) is 3. The van der Waals surface area contributed by atoms with E-state index in [0.717, 1.165) is 32.2 Å². The van der Waals surface area contributed by atoms with Crippen molar-refractivity contribution in [1.29, 1.82) is 0 Å². The molecule has 1 saturated heterocycles. The van der Waals surface area contributed by atoms with Crippen molar-refractivity contribution in [2.24, 2.45) is 5.41 Å². The summed E-state index contributed by atoms with van der Waals surface area (Å²) < 4.78 is 1.39. The second kappa shape index (κ2) is 7.18. The first-order valence-corrected chi connectivity index (χ1v) is 9.91. The fraction of sp³-hybridized carbons (Fsp3) is 0.455. The lowest BCUT2D eigenvalue weighted by Gasteiger charge is -2.49. The van der Waals surface area contributed by atoms with Gasteiger partial charge in [-0.2, -0.15) is 0 Å². The second-order valence-corrected chi connectivity index (χ2v) is 8.18. The zero-order valence-corrected chi connectivity index (χ0v) is 15.9. The van der Waals surface area contributed by atoms with E-state index < -0.39 is 11.6 Å². The smallest absolute Gasteiger partial charge is 0.337 e. The van der Waals surface area contributed by atoms with Crippen LogP contribution in [0.1, 0.15) is 42.5 Å². The molecule has 1 aliphatic heterocycles. The zero-order chi connectivity index (χ0) is 19.8. The van der Waals surface area contributed by atoms with E-state index in [1.165, 1.54) is 16.8 Å².